The van der Waals surface area contributed by atoms with E-state index in [1.54, 1.807) is 13.2 Å². The van der Waals surface area contributed by atoms with E-state index in [4.69, 9.17) is 21.4 Å². The van der Waals surface area contributed by atoms with Crippen LogP contribution in [0.5, 0.6) is 5.75 Å². The highest BCUT2D eigenvalue weighted by atomic mass is 35.5. The molecule has 3 nitrogen and oxygen atoms in total. The first-order chi connectivity index (χ1) is 7.77. The van der Waals surface area contributed by atoms with Gasteiger partial charge in [0, 0.05) is 5.41 Å². The first-order valence-corrected chi connectivity index (χ1v) is 5.72. The van der Waals surface area contributed by atoms with Gasteiger partial charge in [0.1, 0.15) is 5.75 Å². The van der Waals surface area contributed by atoms with Gasteiger partial charge < -0.3 is 9.84 Å². The number of carbonyl (C=O) groups is 1. The second-order valence-electron chi connectivity index (χ2n) is 4.76. The SMILES string of the molecule is COc1c(C)cc(C(C)(C)CC(=O)O)cc1Cl. The van der Waals surface area contributed by atoms with Crippen LogP contribution in [0, 0.1) is 6.92 Å². The highest BCUT2D eigenvalue weighted by Gasteiger charge is 2.25. The molecule has 4 heteroatoms. The number of halogens is 1. The summed E-state index contributed by atoms with van der Waals surface area (Å²) in [4.78, 5) is 10.8. The summed E-state index contributed by atoms with van der Waals surface area (Å²) in [5.41, 5.74) is 1.36. The van der Waals surface area contributed by atoms with E-state index in [0.29, 0.717) is 10.8 Å². The van der Waals surface area contributed by atoms with Crippen LogP contribution in [0.15, 0.2) is 12.1 Å². The molecule has 0 aliphatic heterocycles. The maximum atomic E-state index is 10.8. The van der Waals surface area contributed by atoms with Gasteiger partial charge in [0.15, 0.2) is 0 Å². The lowest BCUT2D eigenvalue weighted by Crippen LogP contribution is -2.21. The summed E-state index contributed by atoms with van der Waals surface area (Å²) in [5.74, 6) is -0.180. The van der Waals surface area contributed by atoms with Crippen molar-refractivity contribution >= 4 is 17.6 Å². The second-order valence-corrected chi connectivity index (χ2v) is 5.17. The predicted octanol–water partition coefficient (Wildman–Crippen LogP) is 3.41. The predicted molar refractivity (Wildman–Crippen MR) is 68.0 cm³/mol. The number of rotatable bonds is 4. The first kappa shape index (κ1) is 13.8. The van der Waals surface area contributed by atoms with Gasteiger partial charge in [-0.05, 0) is 24.1 Å². The molecule has 0 unspecified atom stereocenters. The zero-order chi connectivity index (χ0) is 13.2. The Kier molecular flexibility index (Phi) is 4.04. The van der Waals surface area contributed by atoms with Crippen LogP contribution in [-0.2, 0) is 10.2 Å². The Bertz CT molecular complexity index is 415. The Morgan fingerprint density at radius 1 is 1.47 bits per heavy atom. The number of hydrogen-bond acceptors (Lipinski definition) is 2. The highest BCUT2D eigenvalue weighted by Crippen LogP contribution is 2.35. The number of aliphatic carboxylic acids is 1. The molecule has 0 fully saturated rings. The van der Waals surface area contributed by atoms with Crippen molar-refractivity contribution in [2.45, 2.75) is 32.6 Å². The van der Waals surface area contributed by atoms with Gasteiger partial charge in [0.05, 0.1) is 18.6 Å². The molecule has 0 amide bonds. The third kappa shape index (κ3) is 3.13. The standard InChI is InChI=1S/C13H17ClO3/c1-8-5-9(6-10(14)12(8)17-4)13(2,3)7-11(15)16/h5-6H,7H2,1-4H3,(H,15,16). The van der Waals surface area contributed by atoms with Gasteiger partial charge in [-0.25, -0.2) is 0 Å². The molecule has 0 atom stereocenters. The summed E-state index contributed by atoms with van der Waals surface area (Å²) < 4.78 is 5.18. The molecule has 0 aromatic heterocycles. The zero-order valence-corrected chi connectivity index (χ0v) is 11.3. The fraction of sp³-hybridized carbons (Fsp3) is 0.462. The van der Waals surface area contributed by atoms with Gasteiger partial charge in [-0.2, -0.15) is 0 Å². The highest BCUT2D eigenvalue weighted by molar-refractivity contribution is 6.32. The van der Waals surface area contributed by atoms with Crippen LogP contribution in [0.25, 0.3) is 0 Å². The number of carboxylic acid groups (broad SMARTS) is 1. The maximum Gasteiger partial charge on any atom is 0.304 e. The zero-order valence-electron chi connectivity index (χ0n) is 10.5. The van der Waals surface area contributed by atoms with Gasteiger partial charge in [-0.3, -0.25) is 4.79 Å². The van der Waals surface area contributed by atoms with E-state index in [-0.39, 0.29) is 6.42 Å². The monoisotopic (exact) mass is 256 g/mol. The Balaban J connectivity index is 3.20. The van der Waals surface area contributed by atoms with E-state index in [1.165, 1.54) is 0 Å². The molecule has 0 saturated carbocycles. The van der Waals surface area contributed by atoms with Crippen molar-refractivity contribution in [2.75, 3.05) is 7.11 Å². The van der Waals surface area contributed by atoms with E-state index < -0.39 is 11.4 Å². The normalized spacial score (nSPS) is 11.4. The van der Waals surface area contributed by atoms with E-state index in [0.717, 1.165) is 11.1 Å². The molecule has 0 aliphatic carbocycles. The number of ether oxygens (including phenoxy) is 1. The van der Waals surface area contributed by atoms with Crippen LogP contribution in [0.1, 0.15) is 31.4 Å². The van der Waals surface area contributed by atoms with Gasteiger partial charge in [0.2, 0.25) is 0 Å². The Labute approximate surface area is 106 Å². The van der Waals surface area contributed by atoms with Crippen molar-refractivity contribution in [1.29, 1.82) is 0 Å². The largest absolute Gasteiger partial charge is 0.495 e. The van der Waals surface area contributed by atoms with Gasteiger partial charge in [-0.1, -0.05) is 31.5 Å². The van der Waals surface area contributed by atoms with Crippen molar-refractivity contribution in [3.05, 3.63) is 28.3 Å². The fourth-order valence-electron chi connectivity index (χ4n) is 1.86. The third-order valence-electron chi connectivity index (χ3n) is 2.81. The Morgan fingerprint density at radius 2 is 2.06 bits per heavy atom. The molecule has 94 valence electrons. The Morgan fingerprint density at radius 3 is 2.47 bits per heavy atom. The van der Waals surface area contributed by atoms with Gasteiger partial charge in [0.25, 0.3) is 0 Å². The quantitative estimate of drug-likeness (QED) is 0.898. The summed E-state index contributed by atoms with van der Waals surface area (Å²) in [6.45, 7) is 5.67. The summed E-state index contributed by atoms with van der Waals surface area (Å²) in [6.07, 6.45) is 0.0646. The van der Waals surface area contributed by atoms with Crippen molar-refractivity contribution in [3.63, 3.8) is 0 Å². The molecule has 1 aromatic carbocycles. The number of benzene rings is 1. The van der Waals surface area contributed by atoms with E-state index in [1.807, 2.05) is 26.8 Å². The van der Waals surface area contributed by atoms with Crippen LogP contribution in [0.4, 0.5) is 0 Å². The van der Waals surface area contributed by atoms with Crippen molar-refractivity contribution in [1.82, 2.24) is 0 Å². The summed E-state index contributed by atoms with van der Waals surface area (Å²) in [5, 5.41) is 9.41. The molecule has 0 bridgehead atoms. The van der Waals surface area contributed by atoms with Crippen molar-refractivity contribution in [3.8, 4) is 5.75 Å². The van der Waals surface area contributed by atoms with Crippen LogP contribution in [-0.4, -0.2) is 18.2 Å². The maximum absolute atomic E-state index is 10.8. The van der Waals surface area contributed by atoms with Crippen LogP contribution >= 0.6 is 11.6 Å². The number of methoxy groups -OCH3 is 1. The average Bonchev–Trinajstić information content (AvgIpc) is 2.14. The topological polar surface area (TPSA) is 46.5 Å². The first-order valence-electron chi connectivity index (χ1n) is 5.34. The van der Waals surface area contributed by atoms with E-state index >= 15 is 0 Å². The Hall–Kier alpha value is -1.22. The molecule has 1 rings (SSSR count). The molecule has 1 aromatic rings. The molecule has 0 saturated heterocycles. The molecule has 0 heterocycles. The molecule has 17 heavy (non-hydrogen) atoms. The third-order valence-corrected chi connectivity index (χ3v) is 3.09. The number of carboxylic acids is 1. The molecule has 0 spiro atoms. The van der Waals surface area contributed by atoms with Crippen molar-refractivity contribution in [2.24, 2.45) is 0 Å². The minimum Gasteiger partial charge on any atom is -0.495 e. The van der Waals surface area contributed by atoms with Crippen molar-refractivity contribution < 1.29 is 14.6 Å². The fourth-order valence-corrected chi connectivity index (χ4v) is 2.20. The average molecular weight is 257 g/mol. The number of hydrogen-bond donors (Lipinski definition) is 1. The molecular weight excluding hydrogens is 240 g/mol. The van der Waals surface area contributed by atoms with Crippen LogP contribution in [0.3, 0.4) is 0 Å². The summed E-state index contributed by atoms with van der Waals surface area (Å²) >= 11 is 6.10. The summed E-state index contributed by atoms with van der Waals surface area (Å²) in [6, 6.07) is 3.70. The van der Waals surface area contributed by atoms with Gasteiger partial charge >= 0.3 is 5.97 Å². The second kappa shape index (κ2) is 4.96. The van der Waals surface area contributed by atoms with Crippen LogP contribution < -0.4 is 4.74 Å². The van der Waals surface area contributed by atoms with E-state index in [2.05, 4.69) is 0 Å². The lowest BCUT2D eigenvalue weighted by atomic mass is 9.81. The summed E-state index contributed by atoms with van der Waals surface area (Å²) in [7, 11) is 1.57. The lowest BCUT2D eigenvalue weighted by molar-refractivity contribution is -0.138. The smallest absolute Gasteiger partial charge is 0.304 e. The number of aryl methyl sites for hydroxylation is 1. The molecule has 1 N–H and O–H groups in total. The van der Waals surface area contributed by atoms with Crippen LogP contribution in [0.2, 0.25) is 5.02 Å². The lowest BCUT2D eigenvalue weighted by Gasteiger charge is -2.24. The molecular formula is C13H17ClO3. The minimum atomic E-state index is -0.820. The molecule has 0 aliphatic rings. The van der Waals surface area contributed by atoms with E-state index in [9.17, 15) is 4.79 Å². The molecule has 0 radical (unpaired) electrons. The minimum absolute atomic E-state index is 0.0646. The van der Waals surface area contributed by atoms with Gasteiger partial charge in [-0.15, -0.1) is 0 Å².